The fraction of sp³-hybridized carbons (Fsp3) is 1.00. The average Bonchev–Trinajstić information content (AvgIpc) is 1.88. The molecule has 0 amide bonds. The van der Waals surface area contributed by atoms with Crippen molar-refractivity contribution in [3.05, 3.63) is 0 Å². The first-order chi connectivity index (χ1) is 4.61. The van der Waals surface area contributed by atoms with Crippen molar-refractivity contribution in [2.24, 2.45) is 5.92 Å². The van der Waals surface area contributed by atoms with Gasteiger partial charge in [-0.3, -0.25) is 0 Å². The summed E-state index contributed by atoms with van der Waals surface area (Å²) in [6.07, 6.45) is 1.48. The third-order valence-electron chi connectivity index (χ3n) is 1.52. The van der Waals surface area contributed by atoms with Gasteiger partial charge in [-0.15, -0.1) is 0 Å². The molecular formula is C6H13NO. The van der Waals surface area contributed by atoms with Crippen LogP contribution in [-0.4, -0.2) is 24.8 Å². The van der Waals surface area contributed by atoms with Crippen LogP contribution in [0.25, 0.3) is 0 Å². The Hall–Kier alpha value is -0.0800. The minimum absolute atomic E-state index is 0.172. The molecule has 0 spiro atoms. The molecule has 0 aliphatic carbocycles. The van der Waals surface area contributed by atoms with Crippen LogP contribution in [0.2, 0.25) is 0 Å². The normalized spacial score (nSPS) is 29.1. The van der Waals surface area contributed by atoms with Crippen molar-refractivity contribution in [3.8, 4) is 0 Å². The molecule has 1 rings (SSSR count). The fourth-order valence-corrected chi connectivity index (χ4v) is 0.951. The molecule has 1 aliphatic rings. The van der Waals surface area contributed by atoms with Crippen molar-refractivity contribution < 1.29 is 7.85 Å². The van der Waals surface area contributed by atoms with Crippen LogP contribution in [0.1, 0.15) is 15.6 Å². The Labute approximate surface area is 52.7 Å². The number of rotatable bonds is 1. The van der Waals surface area contributed by atoms with Crippen molar-refractivity contribution in [2.75, 3.05) is 19.6 Å². The van der Waals surface area contributed by atoms with E-state index >= 15 is 0 Å². The van der Waals surface area contributed by atoms with Crippen molar-refractivity contribution in [2.45, 2.75) is 12.8 Å². The van der Waals surface area contributed by atoms with Gasteiger partial charge in [-0.25, -0.2) is 0 Å². The maximum atomic E-state index is 8.95. The molecule has 1 saturated heterocycles. The molecule has 0 saturated carbocycles. The first-order valence-electron chi connectivity index (χ1n) is 4.04. The van der Waals surface area contributed by atoms with Crippen LogP contribution in [-0.2, 0) is 0 Å². The predicted octanol–water partition coefficient (Wildman–Crippen LogP) is -0.0217. The molecule has 2 heteroatoms. The second kappa shape index (κ2) is 3.05. The molecule has 1 aliphatic heterocycles. The average molecular weight is 117 g/mol. The Morgan fingerprint density at radius 1 is 1.62 bits per heavy atom. The molecule has 1 heterocycles. The highest BCUT2D eigenvalue weighted by Gasteiger charge is 2.09. The lowest BCUT2D eigenvalue weighted by atomic mass is 10.00. The highest BCUT2D eigenvalue weighted by molar-refractivity contribution is 4.66. The van der Waals surface area contributed by atoms with E-state index in [0.717, 1.165) is 25.9 Å². The molecule has 1 fully saturated rings. The third-order valence-corrected chi connectivity index (χ3v) is 1.52. The Kier molecular flexibility index (Phi) is 1.47. The van der Waals surface area contributed by atoms with Gasteiger partial charge in [0, 0.05) is 6.56 Å². The van der Waals surface area contributed by atoms with Gasteiger partial charge in [0.25, 0.3) is 0 Å². The Morgan fingerprint density at radius 2 is 2.25 bits per heavy atom. The lowest BCUT2D eigenvalue weighted by Gasteiger charge is -2.19. The minimum Gasteiger partial charge on any atom is -0.396 e. The fourth-order valence-electron chi connectivity index (χ4n) is 0.951. The van der Waals surface area contributed by atoms with Gasteiger partial charge >= 0.3 is 0 Å². The first-order valence-corrected chi connectivity index (χ1v) is 3.04. The largest absolute Gasteiger partial charge is 0.396 e. The topological polar surface area (TPSA) is 32.3 Å². The van der Waals surface area contributed by atoms with Crippen molar-refractivity contribution in [3.63, 3.8) is 0 Å². The molecular weight excluding hydrogens is 102 g/mol. The SMILES string of the molecule is [2H]C([2H])(O)C1CCNCC1. The second-order valence-corrected chi connectivity index (χ2v) is 2.15. The number of aliphatic hydroxyl groups is 1. The smallest absolute Gasteiger partial charge is 0.0567 e. The molecule has 8 heavy (non-hydrogen) atoms. The van der Waals surface area contributed by atoms with Gasteiger partial charge < -0.3 is 10.4 Å². The van der Waals surface area contributed by atoms with E-state index in [4.69, 9.17) is 7.85 Å². The van der Waals surface area contributed by atoms with E-state index in [1.807, 2.05) is 0 Å². The van der Waals surface area contributed by atoms with Crippen molar-refractivity contribution >= 4 is 0 Å². The molecule has 0 aromatic heterocycles. The van der Waals surface area contributed by atoms with Crippen LogP contribution in [0.4, 0.5) is 0 Å². The summed E-state index contributed by atoms with van der Waals surface area (Å²) in [6.45, 7) is -0.322. The van der Waals surface area contributed by atoms with Gasteiger partial charge in [0.05, 0.1) is 2.74 Å². The van der Waals surface area contributed by atoms with Crippen LogP contribution in [0.5, 0.6) is 0 Å². The summed E-state index contributed by atoms with van der Waals surface area (Å²) in [5, 5.41) is 12.1. The number of hydrogen-bond donors (Lipinski definition) is 2. The predicted molar refractivity (Wildman–Crippen MR) is 32.7 cm³/mol. The van der Waals surface area contributed by atoms with Gasteiger partial charge in [-0.1, -0.05) is 0 Å². The van der Waals surface area contributed by atoms with Gasteiger partial charge in [0.1, 0.15) is 0 Å². The van der Waals surface area contributed by atoms with Crippen LogP contribution in [0.15, 0.2) is 0 Å². The molecule has 0 bridgehead atoms. The quantitative estimate of drug-likeness (QED) is 0.506. The molecule has 0 unspecified atom stereocenters. The zero-order valence-electron chi connectivity index (χ0n) is 6.85. The van der Waals surface area contributed by atoms with E-state index in [1.54, 1.807) is 0 Å². The number of nitrogens with one attached hydrogen (secondary N) is 1. The zero-order valence-corrected chi connectivity index (χ0v) is 4.85. The summed E-state index contributed by atoms with van der Waals surface area (Å²) in [5.74, 6) is -0.172. The van der Waals surface area contributed by atoms with Gasteiger partial charge in [-0.2, -0.15) is 0 Å². The molecule has 0 atom stereocenters. The van der Waals surface area contributed by atoms with E-state index in [9.17, 15) is 0 Å². The monoisotopic (exact) mass is 117 g/mol. The molecule has 0 aromatic rings. The first kappa shape index (κ1) is 3.85. The molecule has 0 aromatic carbocycles. The Balaban J connectivity index is 2.39. The van der Waals surface area contributed by atoms with E-state index in [0.29, 0.717) is 0 Å². The van der Waals surface area contributed by atoms with Crippen LogP contribution in [0.3, 0.4) is 0 Å². The number of piperidine rings is 1. The maximum Gasteiger partial charge on any atom is 0.0567 e. The Morgan fingerprint density at radius 3 is 2.62 bits per heavy atom. The van der Waals surface area contributed by atoms with Crippen LogP contribution < -0.4 is 5.32 Å². The molecule has 48 valence electrons. The standard InChI is InChI=1S/C6H13NO/c8-5-6-1-3-7-4-2-6/h6-8H,1-5H2/i5D2. The Bertz CT molecular complexity index is 107. The summed E-state index contributed by atoms with van der Waals surface area (Å²) in [5.41, 5.74) is 0. The highest BCUT2D eigenvalue weighted by atomic mass is 16.3. The lowest BCUT2D eigenvalue weighted by Crippen LogP contribution is -2.29. The maximum absolute atomic E-state index is 8.95. The third kappa shape index (κ3) is 1.46. The highest BCUT2D eigenvalue weighted by Crippen LogP contribution is 2.08. The van der Waals surface area contributed by atoms with E-state index < -0.39 is 6.56 Å². The van der Waals surface area contributed by atoms with Crippen LogP contribution >= 0.6 is 0 Å². The van der Waals surface area contributed by atoms with E-state index in [1.165, 1.54) is 0 Å². The van der Waals surface area contributed by atoms with Gasteiger partial charge in [-0.05, 0) is 31.8 Å². The van der Waals surface area contributed by atoms with Gasteiger partial charge in [0.15, 0.2) is 0 Å². The summed E-state index contributed by atoms with van der Waals surface area (Å²) in [4.78, 5) is 0. The summed E-state index contributed by atoms with van der Waals surface area (Å²) >= 11 is 0. The van der Waals surface area contributed by atoms with Gasteiger partial charge in [0.2, 0.25) is 0 Å². The summed E-state index contributed by atoms with van der Waals surface area (Å²) < 4.78 is 14.0. The van der Waals surface area contributed by atoms with Crippen LogP contribution in [0, 0.1) is 5.92 Å². The number of hydrogen-bond acceptors (Lipinski definition) is 2. The van der Waals surface area contributed by atoms with E-state index in [2.05, 4.69) is 5.32 Å². The zero-order chi connectivity index (χ0) is 7.61. The molecule has 2 nitrogen and oxygen atoms in total. The second-order valence-electron chi connectivity index (χ2n) is 2.15. The van der Waals surface area contributed by atoms with E-state index in [-0.39, 0.29) is 5.92 Å². The molecule has 2 N–H and O–H groups in total. The summed E-state index contributed by atoms with van der Waals surface area (Å²) in [7, 11) is 0. The minimum atomic E-state index is -1.97. The lowest BCUT2D eigenvalue weighted by molar-refractivity contribution is 0.196. The summed E-state index contributed by atoms with van der Waals surface area (Å²) in [6, 6.07) is 0. The molecule has 0 radical (unpaired) electrons. The van der Waals surface area contributed by atoms with Crippen molar-refractivity contribution in [1.82, 2.24) is 5.32 Å². The van der Waals surface area contributed by atoms with Crippen molar-refractivity contribution in [1.29, 1.82) is 0 Å².